The van der Waals surface area contributed by atoms with E-state index in [2.05, 4.69) is 217 Å². The number of furan rings is 1. The second kappa shape index (κ2) is 13.4. The van der Waals surface area contributed by atoms with Gasteiger partial charge in [0, 0.05) is 27.6 Å². The van der Waals surface area contributed by atoms with Crippen LogP contribution in [0.4, 0.5) is 17.1 Å². The summed E-state index contributed by atoms with van der Waals surface area (Å²) in [6, 6.07) is 75.9. The summed E-state index contributed by atoms with van der Waals surface area (Å²) in [6.45, 7) is 0. The van der Waals surface area contributed by atoms with Crippen molar-refractivity contribution >= 4 is 49.8 Å². The summed E-state index contributed by atoms with van der Waals surface area (Å²) >= 11 is 0. The molecule has 10 aromatic rings. The van der Waals surface area contributed by atoms with Gasteiger partial charge in [0.15, 0.2) is 0 Å². The molecule has 0 saturated heterocycles. The fraction of sp³-hybridized carbons (Fsp3) is 0. The van der Waals surface area contributed by atoms with E-state index in [0.29, 0.717) is 0 Å². The molecule has 54 heavy (non-hydrogen) atoms. The third-order valence-corrected chi connectivity index (χ3v) is 10.5. The SMILES string of the molecule is c1ccc(-c2ccc(N(c3ccccc3-c3ccccc3)c3ccc(-c4ccc5oc6ccc7ccccc7c6c5c4)cc3-c3ccccc3)cc2)cc1. The van der Waals surface area contributed by atoms with Crippen LogP contribution < -0.4 is 4.90 Å². The molecule has 10 rings (SSSR count). The molecule has 0 aliphatic heterocycles. The maximum atomic E-state index is 6.37. The zero-order valence-corrected chi connectivity index (χ0v) is 29.6. The molecule has 254 valence electrons. The van der Waals surface area contributed by atoms with E-state index in [1.54, 1.807) is 0 Å². The van der Waals surface area contributed by atoms with E-state index >= 15 is 0 Å². The van der Waals surface area contributed by atoms with E-state index in [-0.39, 0.29) is 0 Å². The van der Waals surface area contributed by atoms with E-state index in [9.17, 15) is 0 Å². The van der Waals surface area contributed by atoms with Gasteiger partial charge in [0.25, 0.3) is 0 Å². The van der Waals surface area contributed by atoms with Crippen LogP contribution in [0.5, 0.6) is 0 Å². The molecule has 0 fully saturated rings. The van der Waals surface area contributed by atoms with Crippen molar-refractivity contribution in [1.29, 1.82) is 0 Å². The summed E-state index contributed by atoms with van der Waals surface area (Å²) in [5.41, 5.74) is 14.4. The van der Waals surface area contributed by atoms with Crippen LogP contribution in [0.2, 0.25) is 0 Å². The van der Waals surface area contributed by atoms with Crippen molar-refractivity contribution < 1.29 is 4.42 Å². The summed E-state index contributed by atoms with van der Waals surface area (Å²) in [5.74, 6) is 0. The van der Waals surface area contributed by atoms with Crippen molar-refractivity contribution in [3.8, 4) is 44.5 Å². The van der Waals surface area contributed by atoms with Gasteiger partial charge in [-0.3, -0.25) is 0 Å². The summed E-state index contributed by atoms with van der Waals surface area (Å²) in [5, 5.41) is 4.70. The van der Waals surface area contributed by atoms with Gasteiger partial charge in [-0.05, 0) is 92.7 Å². The number of para-hydroxylation sites is 1. The standard InChI is InChI=1S/C52H35NO/c1-4-14-36(15-5-1)37-24-29-43(30-25-37)53(48-23-13-12-21-44(48)38-16-6-2-7-17-38)49-31-26-41(34-46(49)39-18-8-3-9-19-39)42-28-32-50-47(35-42)52-45-22-11-10-20-40(45)27-33-51(52)54-50/h1-35H. The number of anilines is 3. The van der Waals surface area contributed by atoms with Crippen LogP contribution in [0.1, 0.15) is 0 Å². The summed E-state index contributed by atoms with van der Waals surface area (Å²) < 4.78 is 6.37. The van der Waals surface area contributed by atoms with Gasteiger partial charge >= 0.3 is 0 Å². The van der Waals surface area contributed by atoms with E-state index in [1.165, 1.54) is 27.5 Å². The van der Waals surface area contributed by atoms with Gasteiger partial charge in [-0.15, -0.1) is 0 Å². The lowest BCUT2D eigenvalue weighted by molar-refractivity contribution is 0.669. The molecule has 0 saturated carbocycles. The van der Waals surface area contributed by atoms with E-state index in [0.717, 1.165) is 66.8 Å². The molecule has 0 aliphatic rings. The van der Waals surface area contributed by atoms with Gasteiger partial charge in [0.2, 0.25) is 0 Å². The highest BCUT2D eigenvalue weighted by Crippen LogP contribution is 2.46. The van der Waals surface area contributed by atoms with Crippen molar-refractivity contribution in [2.75, 3.05) is 4.90 Å². The molecule has 0 radical (unpaired) electrons. The van der Waals surface area contributed by atoms with E-state index in [1.807, 2.05) is 0 Å². The Hall–Kier alpha value is -7.16. The van der Waals surface area contributed by atoms with Crippen LogP contribution in [-0.4, -0.2) is 0 Å². The predicted octanol–water partition coefficient (Wildman–Crippen LogP) is 14.9. The molecular formula is C52H35NO. The van der Waals surface area contributed by atoms with Crippen LogP contribution in [0.15, 0.2) is 217 Å². The molecule has 0 N–H and O–H groups in total. The largest absolute Gasteiger partial charge is 0.456 e. The van der Waals surface area contributed by atoms with Gasteiger partial charge in [-0.1, -0.05) is 164 Å². The van der Waals surface area contributed by atoms with Crippen LogP contribution in [-0.2, 0) is 0 Å². The average molecular weight is 690 g/mol. The molecule has 0 bridgehead atoms. The monoisotopic (exact) mass is 689 g/mol. The molecule has 1 heterocycles. The second-order valence-corrected chi connectivity index (χ2v) is 13.7. The van der Waals surface area contributed by atoms with Crippen molar-refractivity contribution in [3.63, 3.8) is 0 Å². The van der Waals surface area contributed by atoms with E-state index in [4.69, 9.17) is 4.42 Å². The number of hydrogen-bond donors (Lipinski definition) is 0. The van der Waals surface area contributed by atoms with Gasteiger partial charge in [0.05, 0.1) is 11.4 Å². The minimum Gasteiger partial charge on any atom is -0.456 e. The van der Waals surface area contributed by atoms with Crippen LogP contribution in [0.25, 0.3) is 77.2 Å². The number of benzene rings is 9. The summed E-state index contributed by atoms with van der Waals surface area (Å²) in [7, 11) is 0. The smallest absolute Gasteiger partial charge is 0.136 e. The first-order chi connectivity index (χ1) is 26.8. The maximum absolute atomic E-state index is 6.37. The molecule has 9 aromatic carbocycles. The van der Waals surface area contributed by atoms with Gasteiger partial charge < -0.3 is 9.32 Å². The molecule has 0 atom stereocenters. The molecule has 2 heteroatoms. The highest BCUT2D eigenvalue weighted by atomic mass is 16.3. The third-order valence-electron chi connectivity index (χ3n) is 10.5. The highest BCUT2D eigenvalue weighted by Gasteiger charge is 2.22. The Labute approximate surface area is 314 Å². The highest BCUT2D eigenvalue weighted by molar-refractivity contribution is 6.19. The van der Waals surface area contributed by atoms with Gasteiger partial charge in [0.1, 0.15) is 11.2 Å². The van der Waals surface area contributed by atoms with Gasteiger partial charge in [-0.25, -0.2) is 0 Å². The quantitative estimate of drug-likeness (QED) is 0.166. The number of fused-ring (bicyclic) bond motifs is 5. The Morgan fingerprint density at radius 3 is 1.61 bits per heavy atom. The van der Waals surface area contributed by atoms with Crippen LogP contribution in [0, 0.1) is 0 Å². The van der Waals surface area contributed by atoms with Crippen molar-refractivity contribution in [3.05, 3.63) is 212 Å². The molecule has 2 nitrogen and oxygen atoms in total. The van der Waals surface area contributed by atoms with E-state index < -0.39 is 0 Å². The number of nitrogens with zero attached hydrogens (tertiary/aromatic N) is 1. The minimum absolute atomic E-state index is 0.896. The first-order valence-electron chi connectivity index (χ1n) is 18.4. The number of rotatable bonds is 7. The maximum Gasteiger partial charge on any atom is 0.136 e. The molecule has 0 aliphatic carbocycles. The Morgan fingerprint density at radius 2 is 0.852 bits per heavy atom. The predicted molar refractivity (Wildman–Crippen MR) is 228 cm³/mol. The molecule has 0 amide bonds. The zero-order chi connectivity index (χ0) is 35.8. The molecular weight excluding hydrogens is 655 g/mol. The first-order valence-corrected chi connectivity index (χ1v) is 18.4. The lowest BCUT2D eigenvalue weighted by Crippen LogP contribution is -2.12. The zero-order valence-electron chi connectivity index (χ0n) is 29.6. The minimum atomic E-state index is 0.896. The normalized spacial score (nSPS) is 11.3. The fourth-order valence-electron chi connectivity index (χ4n) is 7.86. The Morgan fingerprint density at radius 1 is 0.315 bits per heavy atom. The summed E-state index contributed by atoms with van der Waals surface area (Å²) in [6.07, 6.45) is 0. The average Bonchev–Trinajstić information content (AvgIpc) is 3.64. The third kappa shape index (κ3) is 5.62. The van der Waals surface area contributed by atoms with Crippen LogP contribution in [0.3, 0.4) is 0 Å². The Balaban J connectivity index is 1.18. The first kappa shape index (κ1) is 31.6. The number of hydrogen-bond acceptors (Lipinski definition) is 2. The van der Waals surface area contributed by atoms with Crippen molar-refractivity contribution in [2.45, 2.75) is 0 Å². The molecule has 0 unspecified atom stereocenters. The lowest BCUT2D eigenvalue weighted by atomic mass is 9.94. The Kier molecular flexibility index (Phi) is 7.85. The Bertz CT molecular complexity index is 2910. The molecule has 1 aromatic heterocycles. The van der Waals surface area contributed by atoms with Crippen molar-refractivity contribution in [1.82, 2.24) is 0 Å². The second-order valence-electron chi connectivity index (χ2n) is 13.7. The molecule has 0 spiro atoms. The van der Waals surface area contributed by atoms with Crippen molar-refractivity contribution in [2.24, 2.45) is 0 Å². The lowest BCUT2D eigenvalue weighted by Gasteiger charge is -2.30. The van der Waals surface area contributed by atoms with Crippen LogP contribution >= 0.6 is 0 Å². The van der Waals surface area contributed by atoms with Gasteiger partial charge in [-0.2, -0.15) is 0 Å². The fourth-order valence-corrected chi connectivity index (χ4v) is 7.86. The topological polar surface area (TPSA) is 16.4 Å². The summed E-state index contributed by atoms with van der Waals surface area (Å²) in [4.78, 5) is 2.42.